The Morgan fingerprint density at radius 3 is 2.27 bits per heavy atom. The Morgan fingerprint density at radius 1 is 1.00 bits per heavy atom. The maximum Gasteiger partial charge on any atom is 0.276 e. The predicted octanol–water partition coefficient (Wildman–Crippen LogP) is 1.41. The van der Waals surface area contributed by atoms with E-state index in [-0.39, 0.29) is 11.0 Å². The fourth-order valence-electron chi connectivity index (χ4n) is 4.38. The summed E-state index contributed by atoms with van der Waals surface area (Å²) in [6, 6.07) is 9.55. The van der Waals surface area contributed by atoms with Gasteiger partial charge in [-0.2, -0.15) is 12.7 Å². The molecule has 2 aliphatic rings. The van der Waals surface area contributed by atoms with E-state index in [1.54, 1.807) is 6.07 Å². The Balaban J connectivity index is 1.51. The van der Waals surface area contributed by atoms with E-state index in [4.69, 9.17) is 5.14 Å². The number of hydrogen-bond donors (Lipinski definition) is 2. The molecule has 8 heteroatoms. The SMILES string of the molecule is NS(=O)(=O)N1CCC2(CCN(c3cc(=O)[nH]c4ccccc34)CC2)CC1. The van der Waals surface area contributed by atoms with Gasteiger partial charge in [-0.25, -0.2) is 5.14 Å². The van der Waals surface area contributed by atoms with Crippen molar-refractivity contribution in [1.29, 1.82) is 0 Å². The van der Waals surface area contributed by atoms with Crippen LogP contribution in [0.25, 0.3) is 10.9 Å². The van der Waals surface area contributed by atoms with Gasteiger partial charge in [0.05, 0.1) is 11.2 Å². The first-order chi connectivity index (χ1) is 12.4. The zero-order chi connectivity index (χ0) is 18.4. The highest BCUT2D eigenvalue weighted by Gasteiger charge is 2.39. The monoisotopic (exact) mass is 376 g/mol. The van der Waals surface area contributed by atoms with Crippen LogP contribution >= 0.6 is 0 Å². The molecule has 0 bridgehead atoms. The number of nitrogens with zero attached hydrogens (tertiary/aromatic N) is 2. The van der Waals surface area contributed by atoms with Gasteiger partial charge in [0.2, 0.25) is 5.56 Å². The molecule has 0 saturated carbocycles. The summed E-state index contributed by atoms with van der Waals surface area (Å²) in [7, 11) is -3.58. The van der Waals surface area contributed by atoms with Crippen LogP contribution in [-0.4, -0.2) is 43.9 Å². The first-order valence-corrected chi connectivity index (χ1v) is 10.5. The van der Waals surface area contributed by atoms with Gasteiger partial charge >= 0.3 is 0 Å². The second kappa shape index (κ2) is 6.37. The molecule has 7 nitrogen and oxygen atoms in total. The number of para-hydroxylation sites is 1. The first kappa shape index (κ1) is 17.5. The van der Waals surface area contributed by atoms with Crippen LogP contribution in [0.2, 0.25) is 0 Å². The topological polar surface area (TPSA) is 99.5 Å². The Kier molecular flexibility index (Phi) is 4.29. The zero-order valence-electron chi connectivity index (χ0n) is 14.6. The number of nitrogens with one attached hydrogen (secondary N) is 1. The standard InChI is InChI=1S/C18H24N4O3S/c19-26(24,25)22-11-7-18(8-12-22)5-9-21(10-6-18)16-13-17(23)20-15-4-2-1-3-14(15)16/h1-4,13H,5-12H2,(H,20,23)(H2,19,24,25). The van der Waals surface area contributed by atoms with Crippen LogP contribution in [-0.2, 0) is 10.2 Å². The lowest BCUT2D eigenvalue weighted by atomic mass is 9.71. The third-order valence-corrected chi connectivity index (χ3v) is 7.12. The van der Waals surface area contributed by atoms with E-state index in [1.165, 1.54) is 4.31 Å². The van der Waals surface area contributed by atoms with E-state index in [0.29, 0.717) is 13.1 Å². The summed E-state index contributed by atoms with van der Waals surface area (Å²) in [6.07, 6.45) is 3.72. The molecule has 0 unspecified atom stereocenters. The number of H-pyrrole nitrogens is 1. The zero-order valence-corrected chi connectivity index (χ0v) is 15.5. The van der Waals surface area contributed by atoms with Crippen molar-refractivity contribution in [1.82, 2.24) is 9.29 Å². The maximum absolute atomic E-state index is 12.0. The molecule has 1 aromatic carbocycles. The average molecular weight is 376 g/mol. The van der Waals surface area contributed by atoms with Crippen molar-refractivity contribution >= 4 is 26.8 Å². The molecular weight excluding hydrogens is 352 g/mol. The number of piperidine rings is 2. The van der Waals surface area contributed by atoms with Crippen LogP contribution in [0.3, 0.4) is 0 Å². The number of rotatable bonds is 2. The van der Waals surface area contributed by atoms with Crippen molar-refractivity contribution in [3.63, 3.8) is 0 Å². The molecule has 1 spiro atoms. The molecule has 3 heterocycles. The lowest BCUT2D eigenvalue weighted by Gasteiger charge is -2.46. The van der Waals surface area contributed by atoms with Crippen molar-refractivity contribution in [2.45, 2.75) is 25.7 Å². The molecule has 1 aromatic heterocycles. The molecule has 4 rings (SSSR count). The lowest BCUT2D eigenvalue weighted by Crippen LogP contribution is -2.49. The molecule has 0 radical (unpaired) electrons. The fourth-order valence-corrected chi connectivity index (χ4v) is 5.08. The van der Waals surface area contributed by atoms with Crippen LogP contribution < -0.4 is 15.6 Å². The van der Waals surface area contributed by atoms with Crippen LogP contribution in [0.15, 0.2) is 35.1 Å². The Hall–Kier alpha value is -1.90. The molecule has 2 saturated heterocycles. The molecule has 26 heavy (non-hydrogen) atoms. The van der Waals surface area contributed by atoms with Crippen molar-refractivity contribution in [3.05, 3.63) is 40.7 Å². The maximum atomic E-state index is 12.0. The predicted molar refractivity (Wildman–Crippen MR) is 102 cm³/mol. The molecule has 2 fully saturated rings. The van der Waals surface area contributed by atoms with Gasteiger partial charge < -0.3 is 9.88 Å². The summed E-state index contributed by atoms with van der Waals surface area (Å²) in [5, 5.41) is 6.31. The van der Waals surface area contributed by atoms with Crippen molar-refractivity contribution in [2.75, 3.05) is 31.1 Å². The minimum absolute atomic E-state index is 0.0829. The fraction of sp³-hybridized carbons (Fsp3) is 0.500. The highest BCUT2D eigenvalue weighted by Crippen LogP contribution is 2.42. The van der Waals surface area contributed by atoms with Crippen LogP contribution in [0, 0.1) is 5.41 Å². The van der Waals surface area contributed by atoms with Crippen molar-refractivity contribution in [2.24, 2.45) is 10.6 Å². The third kappa shape index (κ3) is 3.24. The minimum Gasteiger partial charge on any atom is -0.371 e. The van der Waals surface area contributed by atoms with E-state index in [2.05, 4.69) is 9.88 Å². The number of benzene rings is 1. The smallest absolute Gasteiger partial charge is 0.276 e. The molecule has 3 N–H and O–H groups in total. The number of fused-ring (bicyclic) bond motifs is 1. The summed E-state index contributed by atoms with van der Waals surface area (Å²) < 4.78 is 24.4. The van der Waals surface area contributed by atoms with E-state index in [1.807, 2.05) is 24.3 Å². The molecule has 2 aliphatic heterocycles. The normalized spacial score (nSPS) is 21.3. The number of hydrogen-bond acceptors (Lipinski definition) is 4. The van der Waals surface area contributed by atoms with Crippen molar-refractivity contribution < 1.29 is 8.42 Å². The van der Waals surface area contributed by atoms with Gasteiger partial charge in [0.15, 0.2) is 0 Å². The second-order valence-corrected chi connectivity index (χ2v) is 9.04. The molecule has 0 aliphatic carbocycles. The van der Waals surface area contributed by atoms with Gasteiger partial charge in [-0.15, -0.1) is 0 Å². The summed E-state index contributed by atoms with van der Waals surface area (Å²) >= 11 is 0. The number of nitrogens with two attached hydrogens (primary N) is 1. The highest BCUT2D eigenvalue weighted by atomic mass is 32.2. The molecule has 0 amide bonds. The van der Waals surface area contributed by atoms with Gasteiger partial charge in [-0.3, -0.25) is 4.79 Å². The van der Waals surface area contributed by atoms with Gasteiger partial charge in [0.1, 0.15) is 0 Å². The van der Waals surface area contributed by atoms with Crippen LogP contribution in [0.1, 0.15) is 25.7 Å². The van der Waals surface area contributed by atoms with Gasteiger partial charge in [0.25, 0.3) is 10.2 Å². The van der Waals surface area contributed by atoms with Gasteiger partial charge in [-0.05, 0) is 37.2 Å². The molecule has 2 aromatic rings. The Labute approximate surface area is 153 Å². The number of aromatic nitrogens is 1. The van der Waals surface area contributed by atoms with E-state index in [0.717, 1.165) is 55.4 Å². The number of anilines is 1. The lowest BCUT2D eigenvalue weighted by molar-refractivity contribution is 0.119. The van der Waals surface area contributed by atoms with Crippen LogP contribution in [0.5, 0.6) is 0 Å². The second-order valence-electron chi connectivity index (χ2n) is 7.50. The summed E-state index contributed by atoms with van der Waals surface area (Å²) in [4.78, 5) is 17.2. The summed E-state index contributed by atoms with van der Waals surface area (Å²) in [6.45, 7) is 2.77. The Bertz CT molecular complexity index is 967. The van der Waals surface area contributed by atoms with Gasteiger partial charge in [0, 0.05) is 37.6 Å². The first-order valence-electron chi connectivity index (χ1n) is 9.01. The summed E-state index contributed by atoms with van der Waals surface area (Å²) in [5.41, 5.74) is 1.95. The summed E-state index contributed by atoms with van der Waals surface area (Å²) in [5.74, 6) is 0. The van der Waals surface area contributed by atoms with Gasteiger partial charge in [-0.1, -0.05) is 18.2 Å². The van der Waals surface area contributed by atoms with Crippen LogP contribution in [0.4, 0.5) is 5.69 Å². The minimum atomic E-state index is -3.58. The number of pyridine rings is 1. The van der Waals surface area contributed by atoms with E-state index >= 15 is 0 Å². The molecular formula is C18H24N4O3S. The Morgan fingerprint density at radius 2 is 1.62 bits per heavy atom. The molecule has 0 atom stereocenters. The van der Waals surface area contributed by atoms with E-state index < -0.39 is 10.2 Å². The third-order valence-electron chi connectivity index (χ3n) is 6.04. The van der Waals surface area contributed by atoms with Crippen molar-refractivity contribution in [3.8, 4) is 0 Å². The number of aromatic amines is 1. The van der Waals surface area contributed by atoms with E-state index in [9.17, 15) is 13.2 Å². The highest BCUT2D eigenvalue weighted by molar-refractivity contribution is 7.86. The molecule has 140 valence electrons. The average Bonchev–Trinajstić information content (AvgIpc) is 2.61. The quantitative estimate of drug-likeness (QED) is 0.828. The largest absolute Gasteiger partial charge is 0.371 e.